The van der Waals surface area contributed by atoms with Crippen molar-refractivity contribution in [2.24, 2.45) is 11.8 Å². The third kappa shape index (κ3) is 7.50. The van der Waals surface area contributed by atoms with Gasteiger partial charge in [0.25, 0.3) is 5.91 Å². The normalized spacial score (nSPS) is 20.0. The van der Waals surface area contributed by atoms with Crippen molar-refractivity contribution in [1.29, 1.82) is 0 Å². The fraction of sp³-hybridized carbons (Fsp3) is 0.593. The fourth-order valence-corrected chi connectivity index (χ4v) is 4.50. The lowest BCUT2D eigenvalue weighted by Crippen LogP contribution is -2.57. The van der Waals surface area contributed by atoms with Gasteiger partial charge in [-0.25, -0.2) is 4.98 Å². The molecular weight excluding hydrogens is 428 g/mol. The third-order valence-electron chi connectivity index (χ3n) is 6.41. The number of likely N-dealkylation sites (tertiary alicyclic amines) is 1. The van der Waals surface area contributed by atoms with Crippen LogP contribution in [-0.4, -0.2) is 64.6 Å². The molecule has 1 saturated heterocycles. The van der Waals surface area contributed by atoms with Crippen molar-refractivity contribution in [3.63, 3.8) is 0 Å². The molecule has 3 atom stereocenters. The minimum absolute atomic E-state index is 0.216. The maximum atomic E-state index is 13.1. The van der Waals surface area contributed by atoms with Gasteiger partial charge < -0.3 is 20.6 Å². The van der Waals surface area contributed by atoms with Crippen molar-refractivity contribution < 1.29 is 14.7 Å². The lowest BCUT2D eigenvalue weighted by atomic mass is 9.98. The predicted molar refractivity (Wildman–Crippen MR) is 136 cm³/mol. The topological polar surface area (TPSA) is 94.6 Å². The summed E-state index contributed by atoms with van der Waals surface area (Å²) in [7, 11) is 0. The van der Waals surface area contributed by atoms with E-state index in [1.54, 1.807) is 6.07 Å². The van der Waals surface area contributed by atoms with E-state index in [1.807, 2.05) is 44.2 Å². The molecule has 2 aromatic rings. The number of aliphatic hydroxyl groups excluding tert-OH is 1. The number of aromatic nitrogens is 1. The monoisotopic (exact) mass is 468 g/mol. The first-order chi connectivity index (χ1) is 16.2. The molecule has 3 rings (SSSR count). The molecule has 1 aliphatic rings. The van der Waals surface area contributed by atoms with Crippen LogP contribution >= 0.6 is 0 Å². The Hall–Kier alpha value is -2.51. The molecule has 2 amide bonds. The third-order valence-corrected chi connectivity index (χ3v) is 6.41. The van der Waals surface area contributed by atoms with Crippen LogP contribution in [0, 0.1) is 11.8 Å². The van der Waals surface area contributed by atoms with Crippen LogP contribution in [0.25, 0.3) is 10.9 Å². The van der Waals surface area contributed by atoms with Gasteiger partial charge in [-0.3, -0.25) is 9.59 Å². The van der Waals surface area contributed by atoms with Gasteiger partial charge in [0, 0.05) is 18.5 Å². The fourth-order valence-electron chi connectivity index (χ4n) is 4.50. The van der Waals surface area contributed by atoms with E-state index in [1.165, 1.54) is 6.42 Å². The molecule has 1 fully saturated rings. The quantitative estimate of drug-likeness (QED) is 0.497. The van der Waals surface area contributed by atoms with E-state index in [4.69, 9.17) is 0 Å². The van der Waals surface area contributed by atoms with Crippen LogP contribution in [0.15, 0.2) is 36.4 Å². The standard InChI is InChI=1S/C27H40N4O3/c1-18(2)8-7-14-31-15-13-22(25(32)17-31)29-27(34)24(16-19(3)4)30-26(33)23-12-11-20-9-5-6-10-21(20)28-23/h5-6,9-12,18-19,22,24-25,32H,7-8,13-17H2,1-4H3,(H,29,34)(H,30,33)/t22?,24-,25?/m0/s1. The number of aliphatic hydroxyl groups is 1. The van der Waals surface area contributed by atoms with E-state index in [0.29, 0.717) is 25.3 Å². The highest BCUT2D eigenvalue weighted by Gasteiger charge is 2.31. The molecule has 0 radical (unpaired) electrons. The number of hydrogen-bond donors (Lipinski definition) is 3. The molecule has 3 N–H and O–H groups in total. The number of amides is 2. The number of benzene rings is 1. The zero-order valence-corrected chi connectivity index (χ0v) is 21.0. The Morgan fingerprint density at radius 2 is 1.88 bits per heavy atom. The van der Waals surface area contributed by atoms with Crippen LogP contribution in [0.4, 0.5) is 0 Å². The van der Waals surface area contributed by atoms with Crippen molar-refractivity contribution in [2.75, 3.05) is 19.6 Å². The van der Waals surface area contributed by atoms with Gasteiger partial charge in [0.2, 0.25) is 5.91 Å². The number of β-amino-alcohol motifs (C(OH)–C–C–N with tert-alkyl or cyclic N) is 1. The highest BCUT2D eigenvalue weighted by atomic mass is 16.3. The Morgan fingerprint density at radius 1 is 1.12 bits per heavy atom. The summed E-state index contributed by atoms with van der Waals surface area (Å²) in [6.07, 6.45) is 2.88. The molecular formula is C27H40N4O3. The van der Waals surface area contributed by atoms with E-state index < -0.39 is 12.1 Å². The van der Waals surface area contributed by atoms with Crippen molar-refractivity contribution in [3.8, 4) is 0 Å². The summed E-state index contributed by atoms with van der Waals surface area (Å²) in [5.74, 6) is 0.278. The summed E-state index contributed by atoms with van der Waals surface area (Å²) in [5.41, 5.74) is 1.03. The highest BCUT2D eigenvalue weighted by molar-refractivity contribution is 5.97. The molecule has 1 aliphatic heterocycles. The molecule has 0 bridgehead atoms. The van der Waals surface area contributed by atoms with Gasteiger partial charge in [0.1, 0.15) is 11.7 Å². The minimum Gasteiger partial charge on any atom is -0.390 e. The summed E-state index contributed by atoms with van der Waals surface area (Å²) in [4.78, 5) is 32.8. The van der Waals surface area contributed by atoms with Gasteiger partial charge in [0.05, 0.1) is 17.7 Å². The zero-order valence-electron chi connectivity index (χ0n) is 21.0. The molecule has 0 saturated carbocycles. The maximum absolute atomic E-state index is 13.1. The largest absolute Gasteiger partial charge is 0.390 e. The second-order valence-corrected chi connectivity index (χ2v) is 10.4. The molecule has 0 spiro atoms. The summed E-state index contributed by atoms with van der Waals surface area (Å²) in [6, 6.07) is 10.2. The van der Waals surface area contributed by atoms with Gasteiger partial charge in [0.15, 0.2) is 0 Å². The first-order valence-corrected chi connectivity index (χ1v) is 12.6. The summed E-state index contributed by atoms with van der Waals surface area (Å²) < 4.78 is 0. The van der Waals surface area contributed by atoms with Crippen molar-refractivity contribution in [1.82, 2.24) is 20.5 Å². The number of nitrogens with one attached hydrogen (secondary N) is 2. The van der Waals surface area contributed by atoms with Gasteiger partial charge in [-0.05, 0) is 56.2 Å². The Kier molecular flexibility index (Phi) is 9.42. The number of nitrogens with zero attached hydrogens (tertiary/aromatic N) is 2. The SMILES string of the molecule is CC(C)CCCN1CCC(NC(=O)[C@H](CC(C)C)NC(=O)c2ccc3ccccc3n2)C(O)C1. The van der Waals surface area contributed by atoms with Crippen LogP contribution < -0.4 is 10.6 Å². The number of para-hydroxylation sites is 1. The van der Waals surface area contributed by atoms with Crippen LogP contribution in [0.5, 0.6) is 0 Å². The number of carbonyl (C=O) groups is 2. The molecule has 34 heavy (non-hydrogen) atoms. The van der Waals surface area contributed by atoms with E-state index in [-0.39, 0.29) is 29.5 Å². The average Bonchev–Trinajstić information content (AvgIpc) is 2.79. The maximum Gasteiger partial charge on any atom is 0.270 e. The Bertz CT molecular complexity index is 962. The van der Waals surface area contributed by atoms with Crippen molar-refractivity contribution in [3.05, 3.63) is 42.1 Å². The molecule has 0 aliphatic carbocycles. The second-order valence-electron chi connectivity index (χ2n) is 10.4. The summed E-state index contributed by atoms with van der Waals surface area (Å²) in [6.45, 7) is 10.9. The van der Waals surface area contributed by atoms with Crippen molar-refractivity contribution in [2.45, 2.75) is 71.6 Å². The van der Waals surface area contributed by atoms with Crippen LogP contribution in [-0.2, 0) is 4.79 Å². The van der Waals surface area contributed by atoms with Gasteiger partial charge >= 0.3 is 0 Å². The van der Waals surface area contributed by atoms with E-state index in [2.05, 4.69) is 34.4 Å². The number of piperidine rings is 1. The zero-order chi connectivity index (χ0) is 24.7. The van der Waals surface area contributed by atoms with Crippen LogP contribution in [0.3, 0.4) is 0 Å². The van der Waals surface area contributed by atoms with E-state index in [9.17, 15) is 14.7 Å². The number of pyridine rings is 1. The Morgan fingerprint density at radius 3 is 2.59 bits per heavy atom. The molecule has 7 nitrogen and oxygen atoms in total. The predicted octanol–water partition coefficient (Wildman–Crippen LogP) is 3.37. The molecule has 2 unspecified atom stereocenters. The second kappa shape index (κ2) is 12.3. The Labute approximate surface area is 203 Å². The molecule has 186 valence electrons. The first-order valence-electron chi connectivity index (χ1n) is 12.6. The first kappa shape index (κ1) is 26.1. The number of rotatable bonds is 10. The number of hydrogen-bond acceptors (Lipinski definition) is 5. The van der Waals surface area contributed by atoms with Gasteiger partial charge in [-0.2, -0.15) is 0 Å². The lowest BCUT2D eigenvalue weighted by molar-refractivity contribution is -0.125. The molecule has 2 heterocycles. The molecule has 7 heteroatoms. The van der Waals surface area contributed by atoms with Crippen LogP contribution in [0.1, 0.15) is 63.9 Å². The van der Waals surface area contributed by atoms with E-state index in [0.717, 1.165) is 30.4 Å². The van der Waals surface area contributed by atoms with E-state index >= 15 is 0 Å². The Balaban J connectivity index is 1.59. The molecule has 1 aromatic heterocycles. The lowest BCUT2D eigenvalue weighted by Gasteiger charge is -2.37. The minimum atomic E-state index is -0.683. The number of fused-ring (bicyclic) bond motifs is 1. The summed E-state index contributed by atoms with van der Waals surface area (Å²) >= 11 is 0. The van der Waals surface area contributed by atoms with Crippen molar-refractivity contribution >= 4 is 22.7 Å². The van der Waals surface area contributed by atoms with Gasteiger partial charge in [-0.1, -0.05) is 52.0 Å². The number of carbonyl (C=O) groups excluding carboxylic acids is 2. The molecule has 1 aromatic carbocycles. The van der Waals surface area contributed by atoms with Crippen LogP contribution in [0.2, 0.25) is 0 Å². The highest BCUT2D eigenvalue weighted by Crippen LogP contribution is 2.16. The summed E-state index contributed by atoms with van der Waals surface area (Å²) in [5, 5.41) is 17.5. The average molecular weight is 469 g/mol. The smallest absolute Gasteiger partial charge is 0.270 e. The van der Waals surface area contributed by atoms with Gasteiger partial charge in [-0.15, -0.1) is 0 Å².